The van der Waals surface area contributed by atoms with Crippen LogP contribution in [0.3, 0.4) is 0 Å². The summed E-state index contributed by atoms with van der Waals surface area (Å²) >= 11 is 0. The predicted octanol–water partition coefficient (Wildman–Crippen LogP) is 3.78. The van der Waals surface area contributed by atoms with Crippen LogP contribution >= 0.6 is 0 Å². The molecule has 0 fully saturated rings. The third-order valence-corrected chi connectivity index (χ3v) is 5.07. The number of rotatable bonds is 10. The van der Waals surface area contributed by atoms with Crippen molar-refractivity contribution in [3.8, 4) is 0 Å². The van der Waals surface area contributed by atoms with Gasteiger partial charge in [-0.2, -0.15) is 0 Å². The van der Waals surface area contributed by atoms with Crippen molar-refractivity contribution in [2.24, 2.45) is 0 Å². The minimum absolute atomic E-state index is 0.0924. The van der Waals surface area contributed by atoms with Crippen LogP contribution in [-0.4, -0.2) is 34.2 Å². The van der Waals surface area contributed by atoms with Gasteiger partial charge >= 0.3 is 0 Å². The fraction of sp³-hybridized carbons (Fsp3) is 0.391. The summed E-state index contributed by atoms with van der Waals surface area (Å²) in [5.41, 5.74) is 2.20. The highest BCUT2D eigenvalue weighted by Gasteiger charge is 2.30. The van der Waals surface area contributed by atoms with Crippen LogP contribution in [0, 0.1) is 17.0 Å². The molecule has 0 bridgehead atoms. The number of amides is 2. The van der Waals surface area contributed by atoms with E-state index < -0.39 is 11.0 Å². The van der Waals surface area contributed by atoms with E-state index in [4.69, 9.17) is 0 Å². The van der Waals surface area contributed by atoms with E-state index in [2.05, 4.69) is 5.32 Å². The second-order valence-corrected chi connectivity index (χ2v) is 7.23. The van der Waals surface area contributed by atoms with Gasteiger partial charge in [0.05, 0.1) is 11.3 Å². The fourth-order valence-corrected chi connectivity index (χ4v) is 3.36. The number of nitro groups is 1. The largest absolute Gasteiger partial charge is 0.354 e. The molecule has 0 heterocycles. The lowest BCUT2D eigenvalue weighted by Crippen LogP contribution is -2.49. The topological polar surface area (TPSA) is 92.6 Å². The van der Waals surface area contributed by atoms with Crippen LogP contribution < -0.4 is 5.32 Å². The molecule has 1 atom stereocenters. The second kappa shape index (κ2) is 11.1. The third-order valence-electron chi connectivity index (χ3n) is 5.07. The van der Waals surface area contributed by atoms with Gasteiger partial charge in [0.15, 0.2) is 0 Å². The SMILES string of the molecule is CCCNC(=O)[C@H](CC)N(Cc1ccccc1C)C(=O)Cc1ccccc1[N+](=O)[O-]. The highest BCUT2D eigenvalue weighted by atomic mass is 16.6. The summed E-state index contributed by atoms with van der Waals surface area (Å²) < 4.78 is 0. The van der Waals surface area contributed by atoms with E-state index in [0.29, 0.717) is 18.5 Å². The highest BCUT2D eigenvalue weighted by Crippen LogP contribution is 2.21. The number of para-hydroxylation sites is 1. The Bertz CT molecular complexity index is 898. The Labute approximate surface area is 177 Å². The molecule has 0 spiro atoms. The van der Waals surface area contributed by atoms with E-state index in [0.717, 1.165) is 17.5 Å². The Morgan fingerprint density at radius 1 is 1.07 bits per heavy atom. The molecule has 2 aromatic rings. The summed E-state index contributed by atoms with van der Waals surface area (Å²) in [6, 6.07) is 13.3. The van der Waals surface area contributed by atoms with Gasteiger partial charge in [0.1, 0.15) is 6.04 Å². The Kier molecular flexibility index (Phi) is 8.53. The minimum atomic E-state index is -0.647. The normalized spacial score (nSPS) is 11.6. The van der Waals surface area contributed by atoms with Crippen LogP contribution in [0.2, 0.25) is 0 Å². The van der Waals surface area contributed by atoms with Crippen molar-refractivity contribution in [2.45, 2.75) is 52.6 Å². The van der Waals surface area contributed by atoms with Crippen LogP contribution in [0.4, 0.5) is 5.69 Å². The maximum absolute atomic E-state index is 13.3. The van der Waals surface area contributed by atoms with Crippen molar-refractivity contribution in [3.05, 3.63) is 75.3 Å². The number of nitrogens with one attached hydrogen (secondary N) is 1. The molecule has 0 unspecified atom stereocenters. The zero-order valence-electron chi connectivity index (χ0n) is 17.8. The molecule has 30 heavy (non-hydrogen) atoms. The number of carbonyl (C=O) groups excluding carboxylic acids is 2. The maximum atomic E-state index is 13.3. The number of hydrogen-bond acceptors (Lipinski definition) is 4. The van der Waals surface area contributed by atoms with Gasteiger partial charge in [-0.05, 0) is 30.9 Å². The number of nitro benzene ring substituents is 1. The zero-order chi connectivity index (χ0) is 22.1. The lowest BCUT2D eigenvalue weighted by Gasteiger charge is -2.31. The van der Waals surface area contributed by atoms with Crippen molar-refractivity contribution < 1.29 is 14.5 Å². The molecule has 2 amide bonds. The van der Waals surface area contributed by atoms with Gasteiger partial charge < -0.3 is 10.2 Å². The van der Waals surface area contributed by atoms with Crippen molar-refractivity contribution in [1.82, 2.24) is 10.2 Å². The maximum Gasteiger partial charge on any atom is 0.273 e. The quantitative estimate of drug-likeness (QED) is 0.476. The lowest BCUT2D eigenvalue weighted by molar-refractivity contribution is -0.385. The summed E-state index contributed by atoms with van der Waals surface area (Å²) in [7, 11) is 0. The molecular formula is C23H29N3O4. The molecule has 0 aliphatic carbocycles. The number of nitrogens with zero attached hydrogens (tertiary/aromatic N) is 2. The molecule has 2 rings (SSSR count). The summed E-state index contributed by atoms with van der Waals surface area (Å²) in [6.45, 7) is 6.58. The Hall–Kier alpha value is -3.22. The molecule has 0 aromatic heterocycles. The van der Waals surface area contributed by atoms with Crippen molar-refractivity contribution in [3.63, 3.8) is 0 Å². The first-order chi connectivity index (χ1) is 14.4. The Balaban J connectivity index is 2.36. The average Bonchev–Trinajstić information content (AvgIpc) is 2.73. The minimum Gasteiger partial charge on any atom is -0.354 e. The number of benzene rings is 2. The summed E-state index contributed by atoms with van der Waals surface area (Å²) in [5.74, 6) is -0.519. The van der Waals surface area contributed by atoms with E-state index in [9.17, 15) is 19.7 Å². The molecule has 0 aliphatic rings. The highest BCUT2D eigenvalue weighted by molar-refractivity contribution is 5.88. The number of hydrogen-bond donors (Lipinski definition) is 1. The van der Waals surface area contributed by atoms with Gasteiger partial charge in [0.25, 0.3) is 5.69 Å². The van der Waals surface area contributed by atoms with Crippen LogP contribution in [0.15, 0.2) is 48.5 Å². The monoisotopic (exact) mass is 411 g/mol. The van der Waals surface area contributed by atoms with E-state index in [1.165, 1.54) is 6.07 Å². The summed E-state index contributed by atoms with van der Waals surface area (Å²) in [5, 5.41) is 14.2. The molecule has 160 valence electrons. The van der Waals surface area contributed by atoms with E-state index in [-0.39, 0.29) is 30.5 Å². The molecule has 0 saturated carbocycles. The first-order valence-corrected chi connectivity index (χ1v) is 10.2. The van der Waals surface area contributed by atoms with Crippen molar-refractivity contribution in [2.75, 3.05) is 6.54 Å². The van der Waals surface area contributed by atoms with Crippen LogP contribution in [0.1, 0.15) is 43.4 Å². The van der Waals surface area contributed by atoms with Crippen molar-refractivity contribution in [1.29, 1.82) is 0 Å². The van der Waals surface area contributed by atoms with Gasteiger partial charge in [-0.15, -0.1) is 0 Å². The third kappa shape index (κ3) is 5.89. The van der Waals surface area contributed by atoms with E-state index >= 15 is 0 Å². The van der Waals surface area contributed by atoms with E-state index in [1.807, 2.05) is 45.0 Å². The second-order valence-electron chi connectivity index (χ2n) is 7.23. The smallest absolute Gasteiger partial charge is 0.273 e. The van der Waals surface area contributed by atoms with Gasteiger partial charge in [0.2, 0.25) is 11.8 Å². The van der Waals surface area contributed by atoms with Gasteiger partial charge in [-0.25, -0.2) is 0 Å². The average molecular weight is 412 g/mol. The first kappa shape index (κ1) is 23.1. The molecule has 0 saturated heterocycles. The molecule has 2 aromatic carbocycles. The molecule has 7 heteroatoms. The van der Waals surface area contributed by atoms with Gasteiger partial charge in [-0.1, -0.05) is 56.3 Å². The number of aryl methyl sites for hydroxylation is 1. The standard InChI is InChI=1S/C23H29N3O4/c1-4-14-24-23(28)20(5-2)25(16-19-12-7-6-10-17(19)3)22(27)15-18-11-8-9-13-21(18)26(29)30/h6-13,20H,4-5,14-16H2,1-3H3,(H,24,28)/t20-/m0/s1. The molecule has 1 N–H and O–H groups in total. The van der Waals surface area contributed by atoms with Crippen LogP contribution in [0.25, 0.3) is 0 Å². The first-order valence-electron chi connectivity index (χ1n) is 10.2. The number of carbonyl (C=O) groups is 2. The zero-order valence-corrected chi connectivity index (χ0v) is 17.8. The molecule has 0 aliphatic heterocycles. The van der Waals surface area contributed by atoms with Crippen LogP contribution in [0.5, 0.6) is 0 Å². The van der Waals surface area contributed by atoms with Gasteiger partial charge in [0, 0.05) is 24.7 Å². The van der Waals surface area contributed by atoms with Gasteiger partial charge in [-0.3, -0.25) is 19.7 Å². The summed E-state index contributed by atoms with van der Waals surface area (Å²) in [4.78, 5) is 38.5. The predicted molar refractivity (Wildman–Crippen MR) is 116 cm³/mol. The van der Waals surface area contributed by atoms with Crippen LogP contribution in [-0.2, 0) is 22.6 Å². The molecule has 7 nitrogen and oxygen atoms in total. The Morgan fingerprint density at radius 2 is 1.70 bits per heavy atom. The molecular weight excluding hydrogens is 382 g/mol. The lowest BCUT2D eigenvalue weighted by atomic mass is 10.0. The van der Waals surface area contributed by atoms with E-state index in [1.54, 1.807) is 23.1 Å². The Morgan fingerprint density at radius 3 is 2.30 bits per heavy atom. The summed E-state index contributed by atoms with van der Waals surface area (Å²) in [6.07, 6.45) is 1.11. The molecule has 0 radical (unpaired) electrons. The van der Waals surface area contributed by atoms with Crippen molar-refractivity contribution >= 4 is 17.5 Å². The fourth-order valence-electron chi connectivity index (χ4n) is 3.36.